The Morgan fingerprint density at radius 3 is 2.54 bits per heavy atom. The largest absolute Gasteiger partial charge is 0.450 e. The Kier molecular flexibility index (Phi) is 5.75. The van der Waals surface area contributed by atoms with Crippen molar-refractivity contribution in [1.82, 2.24) is 4.31 Å². The van der Waals surface area contributed by atoms with Crippen LogP contribution in [0.15, 0.2) is 47.4 Å². The number of nitro benzene ring substituents is 1. The van der Waals surface area contributed by atoms with Crippen LogP contribution in [0.1, 0.15) is 0 Å². The van der Waals surface area contributed by atoms with Gasteiger partial charge in [0.25, 0.3) is 0 Å². The van der Waals surface area contributed by atoms with E-state index in [1.54, 1.807) is 18.2 Å². The Labute approximate surface area is 164 Å². The molecule has 8 nitrogen and oxygen atoms in total. The molecule has 2 aromatic rings. The van der Waals surface area contributed by atoms with E-state index < -0.39 is 20.6 Å². The number of nitro groups is 1. The van der Waals surface area contributed by atoms with Gasteiger partial charge in [-0.2, -0.15) is 4.31 Å². The van der Waals surface area contributed by atoms with Crippen LogP contribution in [0.3, 0.4) is 0 Å². The van der Waals surface area contributed by atoms with Gasteiger partial charge in [0, 0.05) is 22.7 Å². The Balaban J connectivity index is 1.95. The molecule has 1 fully saturated rings. The van der Waals surface area contributed by atoms with Gasteiger partial charge in [-0.1, -0.05) is 6.07 Å². The van der Waals surface area contributed by atoms with Crippen molar-refractivity contribution >= 4 is 38.3 Å². The third kappa shape index (κ3) is 4.14. The lowest BCUT2D eigenvalue weighted by molar-refractivity contribution is -0.385. The molecule has 138 valence electrons. The van der Waals surface area contributed by atoms with Crippen LogP contribution in [-0.4, -0.2) is 43.9 Å². The third-order valence-corrected chi connectivity index (χ3v) is 6.32. The smallest absolute Gasteiger partial charge is 0.312 e. The average Bonchev–Trinajstić information content (AvgIpc) is 2.62. The molecule has 0 saturated carbocycles. The fraction of sp³-hybridized carbons (Fsp3) is 0.250. The van der Waals surface area contributed by atoms with Crippen molar-refractivity contribution in [2.24, 2.45) is 0 Å². The van der Waals surface area contributed by atoms with Gasteiger partial charge >= 0.3 is 5.69 Å². The number of ether oxygens (including phenoxy) is 2. The summed E-state index contributed by atoms with van der Waals surface area (Å²) in [5, 5.41) is 11.4. The van der Waals surface area contributed by atoms with E-state index in [1.807, 2.05) is 6.07 Å². The molecule has 1 saturated heterocycles. The highest BCUT2D eigenvalue weighted by molar-refractivity contribution is 14.1. The Morgan fingerprint density at radius 1 is 1.15 bits per heavy atom. The minimum absolute atomic E-state index is 0.0158. The quantitative estimate of drug-likeness (QED) is 0.363. The van der Waals surface area contributed by atoms with Crippen LogP contribution in [-0.2, 0) is 14.8 Å². The van der Waals surface area contributed by atoms with E-state index in [4.69, 9.17) is 9.47 Å². The molecular formula is C16H15IN2O6S. The molecule has 1 aliphatic heterocycles. The second-order valence-corrected chi connectivity index (χ2v) is 8.65. The number of nitrogens with zero attached hydrogens (tertiary/aromatic N) is 2. The van der Waals surface area contributed by atoms with Crippen molar-refractivity contribution < 1.29 is 22.8 Å². The van der Waals surface area contributed by atoms with Gasteiger partial charge < -0.3 is 9.47 Å². The Morgan fingerprint density at radius 2 is 1.88 bits per heavy atom. The van der Waals surface area contributed by atoms with Crippen LogP contribution in [0, 0.1) is 13.7 Å². The van der Waals surface area contributed by atoms with Crippen LogP contribution in [0.2, 0.25) is 0 Å². The van der Waals surface area contributed by atoms with Crippen molar-refractivity contribution in [3.8, 4) is 11.5 Å². The summed E-state index contributed by atoms with van der Waals surface area (Å²) in [4.78, 5) is 10.6. The summed E-state index contributed by atoms with van der Waals surface area (Å²) in [6.45, 7) is 1.04. The summed E-state index contributed by atoms with van der Waals surface area (Å²) in [7, 11) is -3.82. The fourth-order valence-electron chi connectivity index (χ4n) is 2.48. The van der Waals surface area contributed by atoms with E-state index >= 15 is 0 Å². The van der Waals surface area contributed by atoms with Crippen LogP contribution < -0.4 is 4.74 Å². The van der Waals surface area contributed by atoms with Crippen molar-refractivity contribution in [2.75, 3.05) is 26.3 Å². The maximum absolute atomic E-state index is 12.7. The SMILES string of the molecule is O=[N+]([O-])c1cc(S(=O)(=O)N2CCOCC2)ccc1Oc1cccc(I)c1. The molecule has 0 spiro atoms. The van der Waals surface area contributed by atoms with E-state index in [-0.39, 0.29) is 23.7 Å². The molecular weight excluding hydrogens is 475 g/mol. The first-order valence-corrected chi connectivity index (χ1v) is 10.2. The van der Waals surface area contributed by atoms with E-state index in [2.05, 4.69) is 22.6 Å². The number of hydrogen-bond acceptors (Lipinski definition) is 6. The zero-order valence-electron chi connectivity index (χ0n) is 13.5. The third-order valence-electron chi connectivity index (χ3n) is 3.76. The van der Waals surface area contributed by atoms with Crippen LogP contribution >= 0.6 is 22.6 Å². The molecule has 3 rings (SSSR count). The number of hydrogen-bond donors (Lipinski definition) is 0. The summed E-state index contributed by atoms with van der Waals surface area (Å²) in [6.07, 6.45) is 0. The van der Waals surface area contributed by atoms with Gasteiger partial charge in [-0.3, -0.25) is 10.1 Å². The van der Waals surface area contributed by atoms with Crippen LogP contribution in [0.25, 0.3) is 0 Å². The highest BCUT2D eigenvalue weighted by Gasteiger charge is 2.29. The molecule has 2 aromatic carbocycles. The van der Waals surface area contributed by atoms with Crippen molar-refractivity contribution in [3.63, 3.8) is 0 Å². The second kappa shape index (κ2) is 7.86. The number of morpholine rings is 1. The average molecular weight is 490 g/mol. The minimum atomic E-state index is -3.82. The Hall–Kier alpha value is -1.76. The molecule has 1 heterocycles. The molecule has 0 N–H and O–H groups in total. The van der Waals surface area contributed by atoms with E-state index in [9.17, 15) is 18.5 Å². The first kappa shape index (κ1) is 19.0. The number of halogens is 1. The van der Waals surface area contributed by atoms with Crippen molar-refractivity contribution in [2.45, 2.75) is 4.90 Å². The van der Waals surface area contributed by atoms with Crippen LogP contribution in [0.4, 0.5) is 5.69 Å². The Bertz CT molecular complexity index is 928. The van der Waals surface area contributed by atoms with Gasteiger partial charge in [0.1, 0.15) is 5.75 Å². The van der Waals surface area contributed by atoms with E-state index in [0.29, 0.717) is 19.0 Å². The molecule has 0 amide bonds. The van der Waals surface area contributed by atoms with E-state index in [0.717, 1.165) is 9.64 Å². The predicted molar refractivity (Wildman–Crippen MR) is 102 cm³/mol. The van der Waals surface area contributed by atoms with Gasteiger partial charge in [-0.05, 0) is 52.9 Å². The molecule has 0 atom stereocenters. The molecule has 0 unspecified atom stereocenters. The number of benzene rings is 2. The molecule has 0 bridgehead atoms. The number of sulfonamides is 1. The van der Waals surface area contributed by atoms with Gasteiger partial charge in [-0.25, -0.2) is 8.42 Å². The molecule has 10 heteroatoms. The monoisotopic (exact) mass is 490 g/mol. The molecule has 0 aliphatic carbocycles. The second-order valence-electron chi connectivity index (χ2n) is 5.46. The van der Waals surface area contributed by atoms with E-state index in [1.165, 1.54) is 16.4 Å². The lowest BCUT2D eigenvalue weighted by Gasteiger charge is -2.26. The summed E-state index contributed by atoms with van der Waals surface area (Å²) < 4.78 is 38.3. The summed E-state index contributed by atoms with van der Waals surface area (Å²) in [5.74, 6) is 0.418. The molecule has 0 radical (unpaired) electrons. The molecule has 26 heavy (non-hydrogen) atoms. The standard InChI is InChI=1S/C16H15IN2O6S/c17-12-2-1-3-13(10-12)25-16-5-4-14(11-15(16)19(20)21)26(22,23)18-6-8-24-9-7-18/h1-5,10-11H,6-9H2. The maximum atomic E-state index is 12.7. The highest BCUT2D eigenvalue weighted by Crippen LogP contribution is 2.34. The first-order chi connectivity index (χ1) is 12.4. The van der Waals surface area contributed by atoms with Crippen molar-refractivity contribution in [1.29, 1.82) is 0 Å². The zero-order chi connectivity index (χ0) is 18.7. The maximum Gasteiger partial charge on any atom is 0.312 e. The fourth-order valence-corrected chi connectivity index (χ4v) is 4.42. The number of rotatable bonds is 5. The predicted octanol–water partition coefficient (Wildman–Crippen LogP) is 3.01. The van der Waals surface area contributed by atoms with Gasteiger partial charge in [0.2, 0.25) is 15.8 Å². The topological polar surface area (TPSA) is 99.0 Å². The lowest BCUT2D eigenvalue weighted by atomic mass is 10.3. The highest BCUT2D eigenvalue weighted by atomic mass is 127. The minimum Gasteiger partial charge on any atom is -0.450 e. The van der Waals surface area contributed by atoms with Gasteiger partial charge in [-0.15, -0.1) is 0 Å². The molecule has 1 aliphatic rings. The van der Waals surface area contributed by atoms with Crippen molar-refractivity contribution in [3.05, 3.63) is 56.1 Å². The summed E-state index contributed by atoms with van der Waals surface area (Å²) >= 11 is 2.10. The normalized spacial score (nSPS) is 15.6. The van der Waals surface area contributed by atoms with Gasteiger partial charge in [0.15, 0.2) is 0 Å². The molecule has 0 aromatic heterocycles. The summed E-state index contributed by atoms with van der Waals surface area (Å²) in [6, 6.07) is 10.7. The van der Waals surface area contributed by atoms with Gasteiger partial charge in [0.05, 0.1) is 23.0 Å². The first-order valence-electron chi connectivity index (χ1n) is 7.68. The van der Waals surface area contributed by atoms with Crippen LogP contribution in [0.5, 0.6) is 11.5 Å². The zero-order valence-corrected chi connectivity index (χ0v) is 16.5. The lowest BCUT2D eigenvalue weighted by Crippen LogP contribution is -2.40. The summed E-state index contributed by atoms with van der Waals surface area (Å²) in [5.41, 5.74) is -0.404.